The highest BCUT2D eigenvalue weighted by Crippen LogP contribution is 2.22. The maximum atomic E-state index is 12.1. The summed E-state index contributed by atoms with van der Waals surface area (Å²) >= 11 is 5.87. The molecule has 0 aliphatic heterocycles. The van der Waals surface area contributed by atoms with Crippen LogP contribution < -0.4 is 5.32 Å². The fraction of sp³-hybridized carbons (Fsp3) is 0.150. The lowest BCUT2D eigenvalue weighted by atomic mass is 10.1. The SMILES string of the molecule is CC(=O)c1cccc(NC(=O)CCc2ncc(-c3ccc(Cl)cc3)o2)c1. The van der Waals surface area contributed by atoms with Gasteiger partial charge in [-0.15, -0.1) is 0 Å². The van der Waals surface area contributed by atoms with Crippen molar-refractivity contribution in [1.82, 2.24) is 4.98 Å². The maximum absolute atomic E-state index is 12.1. The van der Waals surface area contributed by atoms with Crippen LogP contribution in [0.2, 0.25) is 5.02 Å². The number of aryl methyl sites for hydroxylation is 1. The summed E-state index contributed by atoms with van der Waals surface area (Å²) in [5.74, 6) is 0.904. The number of anilines is 1. The Labute approximate surface area is 156 Å². The highest BCUT2D eigenvalue weighted by atomic mass is 35.5. The maximum Gasteiger partial charge on any atom is 0.224 e. The lowest BCUT2D eigenvalue weighted by molar-refractivity contribution is -0.116. The molecule has 26 heavy (non-hydrogen) atoms. The molecule has 0 radical (unpaired) electrons. The molecule has 1 amide bonds. The predicted molar refractivity (Wildman–Crippen MR) is 100 cm³/mol. The van der Waals surface area contributed by atoms with Crippen LogP contribution in [0.25, 0.3) is 11.3 Å². The van der Waals surface area contributed by atoms with Gasteiger partial charge in [0.1, 0.15) is 0 Å². The lowest BCUT2D eigenvalue weighted by Crippen LogP contribution is -2.12. The van der Waals surface area contributed by atoms with Crippen molar-refractivity contribution < 1.29 is 14.0 Å². The van der Waals surface area contributed by atoms with Crippen molar-refractivity contribution in [3.8, 4) is 11.3 Å². The molecule has 0 aliphatic carbocycles. The summed E-state index contributed by atoms with van der Waals surface area (Å²) in [6.07, 6.45) is 2.24. The smallest absolute Gasteiger partial charge is 0.224 e. The van der Waals surface area contributed by atoms with E-state index in [0.717, 1.165) is 5.56 Å². The van der Waals surface area contributed by atoms with Crippen molar-refractivity contribution in [3.63, 3.8) is 0 Å². The molecular weight excluding hydrogens is 352 g/mol. The first-order chi connectivity index (χ1) is 12.5. The number of halogens is 1. The number of carbonyl (C=O) groups is 2. The third-order valence-corrected chi connectivity index (χ3v) is 4.05. The summed E-state index contributed by atoms with van der Waals surface area (Å²) in [4.78, 5) is 27.7. The Morgan fingerprint density at radius 1 is 1.15 bits per heavy atom. The quantitative estimate of drug-likeness (QED) is 0.636. The van der Waals surface area contributed by atoms with Crippen molar-refractivity contribution in [2.75, 3.05) is 5.32 Å². The van der Waals surface area contributed by atoms with E-state index in [0.29, 0.717) is 34.3 Å². The van der Waals surface area contributed by atoms with Gasteiger partial charge in [0.05, 0.1) is 6.20 Å². The zero-order chi connectivity index (χ0) is 18.5. The molecule has 3 aromatic rings. The van der Waals surface area contributed by atoms with Crippen molar-refractivity contribution >= 4 is 29.0 Å². The van der Waals surface area contributed by atoms with Crippen LogP contribution in [0.4, 0.5) is 5.69 Å². The number of hydrogen-bond donors (Lipinski definition) is 1. The molecule has 5 nitrogen and oxygen atoms in total. The highest BCUT2D eigenvalue weighted by Gasteiger charge is 2.10. The van der Waals surface area contributed by atoms with Gasteiger partial charge in [0.2, 0.25) is 5.91 Å². The molecule has 1 N–H and O–H groups in total. The molecule has 0 saturated carbocycles. The first-order valence-electron chi connectivity index (χ1n) is 8.13. The molecule has 1 aromatic heterocycles. The minimum atomic E-state index is -0.169. The van der Waals surface area contributed by atoms with E-state index >= 15 is 0 Å². The second kappa shape index (κ2) is 7.97. The standard InChI is InChI=1S/C20H17ClN2O3/c1-13(24)15-3-2-4-17(11-15)23-19(25)9-10-20-22-12-18(26-20)14-5-7-16(21)8-6-14/h2-8,11-12H,9-10H2,1H3,(H,23,25). The summed E-state index contributed by atoms with van der Waals surface area (Å²) in [6, 6.07) is 14.1. The van der Waals surface area contributed by atoms with Crippen LogP contribution in [0.5, 0.6) is 0 Å². The van der Waals surface area contributed by atoms with Gasteiger partial charge in [0, 0.05) is 34.7 Å². The molecule has 1 heterocycles. The van der Waals surface area contributed by atoms with Gasteiger partial charge in [0.25, 0.3) is 0 Å². The molecule has 0 bridgehead atoms. The van der Waals surface area contributed by atoms with Crippen molar-refractivity contribution in [1.29, 1.82) is 0 Å². The van der Waals surface area contributed by atoms with E-state index in [1.54, 1.807) is 42.6 Å². The number of aromatic nitrogens is 1. The first-order valence-corrected chi connectivity index (χ1v) is 8.50. The van der Waals surface area contributed by atoms with Crippen molar-refractivity contribution in [2.45, 2.75) is 19.8 Å². The topological polar surface area (TPSA) is 72.2 Å². The van der Waals surface area contributed by atoms with Gasteiger partial charge in [-0.05, 0) is 43.3 Å². The van der Waals surface area contributed by atoms with Gasteiger partial charge in [-0.1, -0.05) is 23.7 Å². The van der Waals surface area contributed by atoms with E-state index in [1.807, 2.05) is 12.1 Å². The Hall–Kier alpha value is -2.92. The molecule has 0 saturated heterocycles. The van der Waals surface area contributed by atoms with Crippen molar-refractivity contribution in [2.24, 2.45) is 0 Å². The third-order valence-electron chi connectivity index (χ3n) is 3.80. The number of benzene rings is 2. The van der Waals surface area contributed by atoms with E-state index < -0.39 is 0 Å². The van der Waals surface area contributed by atoms with Crippen LogP contribution in [-0.2, 0) is 11.2 Å². The minimum Gasteiger partial charge on any atom is -0.441 e. The van der Waals surface area contributed by atoms with E-state index in [2.05, 4.69) is 10.3 Å². The van der Waals surface area contributed by atoms with E-state index in [9.17, 15) is 9.59 Å². The largest absolute Gasteiger partial charge is 0.441 e. The molecule has 2 aromatic carbocycles. The average molecular weight is 369 g/mol. The number of oxazole rings is 1. The van der Waals surface area contributed by atoms with Crippen LogP contribution in [-0.4, -0.2) is 16.7 Å². The molecule has 6 heteroatoms. The summed E-state index contributed by atoms with van der Waals surface area (Å²) in [7, 11) is 0. The number of amides is 1. The Balaban J connectivity index is 1.57. The number of ketones is 1. The number of nitrogens with one attached hydrogen (secondary N) is 1. The molecule has 0 atom stereocenters. The third kappa shape index (κ3) is 4.58. The minimum absolute atomic E-state index is 0.0457. The zero-order valence-corrected chi connectivity index (χ0v) is 14.9. The van der Waals surface area contributed by atoms with Crippen LogP contribution in [0, 0.1) is 0 Å². The number of hydrogen-bond acceptors (Lipinski definition) is 4. The number of carbonyl (C=O) groups excluding carboxylic acids is 2. The lowest BCUT2D eigenvalue weighted by Gasteiger charge is -2.05. The van der Waals surface area contributed by atoms with Gasteiger partial charge in [-0.3, -0.25) is 9.59 Å². The van der Waals surface area contributed by atoms with Gasteiger partial charge in [-0.2, -0.15) is 0 Å². The summed E-state index contributed by atoms with van der Waals surface area (Å²) in [6.45, 7) is 1.49. The van der Waals surface area contributed by atoms with E-state index in [1.165, 1.54) is 6.92 Å². The normalized spacial score (nSPS) is 10.5. The molecule has 0 fully saturated rings. The monoisotopic (exact) mass is 368 g/mol. The zero-order valence-electron chi connectivity index (χ0n) is 14.2. The summed E-state index contributed by atoms with van der Waals surface area (Å²) in [5, 5.41) is 3.43. The molecule has 0 aliphatic rings. The predicted octanol–water partition coefficient (Wildman–Crippen LogP) is 4.77. The van der Waals surface area contributed by atoms with Gasteiger partial charge >= 0.3 is 0 Å². The molecule has 132 valence electrons. The molecule has 3 rings (SSSR count). The van der Waals surface area contributed by atoms with Crippen LogP contribution >= 0.6 is 11.6 Å². The van der Waals surface area contributed by atoms with Crippen LogP contribution in [0.1, 0.15) is 29.6 Å². The highest BCUT2D eigenvalue weighted by molar-refractivity contribution is 6.30. The first kappa shape index (κ1) is 17.9. The van der Waals surface area contributed by atoms with Crippen molar-refractivity contribution in [3.05, 3.63) is 71.2 Å². The van der Waals surface area contributed by atoms with E-state index in [4.69, 9.17) is 16.0 Å². The molecular formula is C20H17ClN2O3. The summed E-state index contributed by atoms with van der Waals surface area (Å²) in [5.41, 5.74) is 2.03. The fourth-order valence-corrected chi connectivity index (χ4v) is 2.56. The Bertz CT molecular complexity index is 932. The van der Waals surface area contributed by atoms with Gasteiger partial charge < -0.3 is 9.73 Å². The number of nitrogens with zero attached hydrogens (tertiary/aromatic N) is 1. The molecule has 0 spiro atoms. The van der Waals surface area contributed by atoms with Gasteiger partial charge in [0.15, 0.2) is 17.4 Å². The Morgan fingerprint density at radius 2 is 1.92 bits per heavy atom. The second-order valence-electron chi connectivity index (χ2n) is 5.81. The number of Topliss-reactive ketones (excluding diaryl/α,β-unsaturated/α-hetero) is 1. The van der Waals surface area contributed by atoms with Gasteiger partial charge in [-0.25, -0.2) is 4.98 Å². The van der Waals surface area contributed by atoms with Crippen LogP contribution in [0.15, 0.2) is 59.1 Å². The molecule has 0 unspecified atom stereocenters. The summed E-state index contributed by atoms with van der Waals surface area (Å²) < 4.78 is 5.68. The fourth-order valence-electron chi connectivity index (χ4n) is 2.43. The second-order valence-corrected chi connectivity index (χ2v) is 6.25. The Morgan fingerprint density at radius 3 is 2.65 bits per heavy atom. The van der Waals surface area contributed by atoms with Crippen LogP contribution in [0.3, 0.4) is 0 Å². The average Bonchev–Trinajstić information content (AvgIpc) is 3.10. The van der Waals surface area contributed by atoms with E-state index in [-0.39, 0.29) is 18.1 Å². The number of rotatable bonds is 6. The Kier molecular flexibility index (Phi) is 5.49.